The number of amides is 2. The lowest BCUT2D eigenvalue weighted by atomic mass is 10.2. The molecule has 0 aliphatic rings. The van der Waals surface area contributed by atoms with Gasteiger partial charge < -0.3 is 9.73 Å². The Morgan fingerprint density at radius 1 is 1.13 bits per heavy atom. The quantitative estimate of drug-likeness (QED) is 0.408. The summed E-state index contributed by atoms with van der Waals surface area (Å²) in [5.41, 5.74) is 1.63. The van der Waals surface area contributed by atoms with Crippen molar-refractivity contribution in [3.05, 3.63) is 81.8 Å². The molecular formula is C20H16BrN5O3S. The molecule has 0 aliphatic heterocycles. The normalized spacial score (nSPS) is 10.7. The van der Waals surface area contributed by atoms with Crippen LogP contribution in [0.5, 0.6) is 0 Å². The van der Waals surface area contributed by atoms with Gasteiger partial charge in [-0.1, -0.05) is 28.1 Å². The van der Waals surface area contributed by atoms with E-state index in [1.165, 1.54) is 17.6 Å². The molecule has 4 aromatic rings. The predicted molar refractivity (Wildman–Crippen MR) is 117 cm³/mol. The van der Waals surface area contributed by atoms with Crippen LogP contribution in [0.4, 0.5) is 10.9 Å². The van der Waals surface area contributed by atoms with Crippen molar-refractivity contribution in [3.8, 4) is 0 Å². The van der Waals surface area contributed by atoms with Gasteiger partial charge in [0.05, 0.1) is 31.1 Å². The van der Waals surface area contributed by atoms with Crippen molar-refractivity contribution in [1.29, 1.82) is 0 Å². The Labute approximate surface area is 184 Å². The van der Waals surface area contributed by atoms with Gasteiger partial charge >= 0.3 is 0 Å². The summed E-state index contributed by atoms with van der Waals surface area (Å²) in [6, 6.07) is 12.8. The van der Waals surface area contributed by atoms with Gasteiger partial charge in [-0.2, -0.15) is 5.10 Å². The van der Waals surface area contributed by atoms with Gasteiger partial charge in [0.25, 0.3) is 5.91 Å². The summed E-state index contributed by atoms with van der Waals surface area (Å²) in [4.78, 5) is 28.7. The zero-order chi connectivity index (χ0) is 20.9. The molecule has 0 fully saturated rings. The molecule has 10 heteroatoms. The van der Waals surface area contributed by atoms with E-state index in [9.17, 15) is 9.59 Å². The van der Waals surface area contributed by atoms with Crippen LogP contribution in [0.3, 0.4) is 0 Å². The molecular weight excluding hydrogens is 470 g/mol. The van der Waals surface area contributed by atoms with Gasteiger partial charge in [0.15, 0.2) is 10.9 Å². The van der Waals surface area contributed by atoms with E-state index in [-0.39, 0.29) is 24.0 Å². The Morgan fingerprint density at radius 3 is 2.73 bits per heavy atom. The van der Waals surface area contributed by atoms with Crippen LogP contribution in [0.15, 0.2) is 69.2 Å². The molecule has 0 saturated carbocycles. The topological polar surface area (TPSA) is 102 Å². The summed E-state index contributed by atoms with van der Waals surface area (Å²) >= 11 is 4.66. The van der Waals surface area contributed by atoms with Crippen LogP contribution >= 0.6 is 27.3 Å². The van der Waals surface area contributed by atoms with E-state index in [1.807, 2.05) is 24.3 Å². The fourth-order valence-corrected chi connectivity index (χ4v) is 3.66. The number of nitrogens with one attached hydrogen (secondary N) is 2. The number of thiazole rings is 1. The predicted octanol–water partition coefficient (Wildman–Crippen LogP) is 4.18. The van der Waals surface area contributed by atoms with Crippen molar-refractivity contribution in [2.45, 2.75) is 13.0 Å². The number of carbonyl (C=O) groups excluding carboxylic acids is 2. The number of hydrogen-bond acceptors (Lipinski definition) is 6. The number of nitrogens with zero attached hydrogens (tertiary/aromatic N) is 3. The first-order chi connectivity index (χ1) is 14.6. The third kappa shape index (κ3) is 5.02. The van der Waals surface area contributed by atoms with Crippen LogP contribution < -0.4 is 10.6 Å². The molecule has 0 atom stereocenters. The lowest BCUT2D eigenvalue weighted by Gasteiger charge is -2.09. The van der Waals surface area contributed by atoms with E-state index < -0.39 is 0 Å². The molecule has 0 aliphatic carbocycles. The molecule has 0 bridgehead atoms. The molecule has 30 heavy (non-hydrogen) atoms. The SMILES string of the molecule is O=C(Cc1csc(NC(=O)c2ccco2)n1)Nc1ccnn1Cc1ccc(Br)cc1. The lowest BCUT2D eigenvalue weighted by molar-refractivity contribution is -0.115. The van der Waals surface area contributed by atoms with Crippen LogP contribution in [0.2, 0.25) is 0 Å². The molecule has 1 aromatic carbocycles. The highest BCUT2D eigenvalue weighted by molar-refractivity contribution is 9.10. The van der Waals surface area contributed by atoms with Gasteiger partial charge in [0, 0.05) is 15.9 Å². The molecule has 0 unspecified atom stereocenters. The molecule has 152 valence electrons. The smallest absolute Gasteiger partial charge is 0.293 e. The monoisotopic (exact) mass is 485 g/mol. The van der Waals surface area contributed by atoms with Gasteiger partial charge in [-0.15, -0.1) is 11.3 Å². The number of aromatic nitrogens is 3. The fraction of sp³-hybridized carbons (Fsp3) is 0.100. The second-order valence-electron chi connectivity index (χ2n) is 6.30. The minimum atomic E-state index is -0.387. The third-order valence-electron chi connectivity index (χ3n) is 4.09. The summed E-state index contributed by atoms with van der Waals surface area (Å²) in [5.74, 6) is 0.192. The van der Waals surface area contributed by atoms with Gasteiger partial charge in [-0.05, 0) is 29.8 Å². The largest absolute Gasteiger partial charge is 0.459 e. The molecule has 0 saturated heterocycles. The van der Waals surface area contributed by atoms with Crippen molar-refractivity contribution in [2.75, 3.05) is 10.6 Å². The van der Waals surface area contributed by atoms with Crippen LogP contribution in [0, 0.1) is 0 Å². The summed E-state index contributed by atoms with van der Waals surface area (Å²) in [6.45, 7) is 0.537. The maximum absolute atomic E-state index is 12.5. The van der Waals surface area contributed by atoms with E-state index in [1.54, 1.807) is 34.5 Å². The second kappa shape index (κ2) is 9.06. The summed E-state index contributed by atoms with van der Waals surface area (Å²) in [7, 11) is 0. The van der Waals surface area contributed by atoms with E-state index in [2.05, 4.69) is 36.6 Å². The Morgan fingerprint density at radius 2 is 1.97 bits per heavy atom. The Balaban J connectivity index is 1.34. The minimum absolute atomic E-state index is 0.0799. The maximum Gasteiger partial charge on any atom is 0.293 e. The van der Waals surface area contributed by atoms with Crippen molar-refractivity contribution < 1.29 is 14.0 Å². The molecule has 0 spiro atoms. The van der Waals surface area contributed by atoms with Crippen LogP contribution in [0.1, 0.15) is 21.8 Å². The molecule has 3 aromatic heterocycles. The van der Waals surface area contributed by atoms with Gasteiger partial charge in [0.2, 0.25) is 5.91 Å². The molecule has 0 radical (unpaired) electrons. The van der Waals surface area contributed by atoms with Crippen LogP contribution in [-0.2, 0) is 17.8 Å². The van der Waals surface area contributed by atoms with Gasteiger partial charge in [-0.25, -0.2) is 9.67 Å². The van der Waals surface area contributed by atoms with Crippen molar-refractivity contribution >= 4 is 50.0 Å². The number of rotatable bonds is 7. The van der Waals surface area contributed by atoms with E-state index in [4.69, 9.17) is 4.42 Å². The maximum atomic E-state index is 12.5. The number of halogens is 1. The average Bonchev–Trinajstić information content (AvgIpc) is 3.47. The number of carbonyl (C=O) groups is 2. The summed E-state index contributed by atoms with van der Waals surface area (Å²) in [6.07, 6.45) is 3.14. The zero-order valence-electron chi connectivity index (χ0n) is 15.5. The summed E-state index contributed by atoms with van der Waals surface area (Å²) in [5, 5.41) is 11.9. The first-order valence-corrected chi connectivity index (χ1v) is 10.6. The number of hydrogen-bond donors (Lipinski definition) is 2. The molecule has 8 nitrogen and oxygen atoms in total. The molecule has 3 heterocycles. The first-order valence-electron chi connectivity index (χ1n) is 8.92. The molecule has 2 amide bonds. The number of benzene rings is 1. The summed E-state index contributed by atoms with van der Waals surface area (Å²) < 4.78 is 7.77. The highest BCUT2D eigenvalue weighted by Gasteiger charge is 2.14. The lowest BCUT2D eigenvalue weighted by Crippen LogP contribution is -2.18. The van der Waals surface area contributed by atoms with E-state index >= 15 is 0 Å². The molecule has 4 rings (SSSR count). The van der Waals surface area contributed by atoms with Crippen molar-refractivity contribution in [2.24, 2.45) is 0 Å². The first kappa shape index (κ1) is 20.0. The van der Waals surface area contributed by atoms with E-state index in [0.717, 1.165) is 10.0 Å². The van der Waals surface area contributed by atoms with Crippen LogP contribution in [-0.4, -0.2) is 26.6 Å². The van der Waals surface area contributed by atoms with Crippen molar-refractivity contribution in [1.82, 2.24) is 14.8 Å². The Kier molecular flexibility index (Phi) is 6.05. The van der Waals surface area contributed by atoms with Crippen LogP contribution in [0.25, 0.3) is 0 Å². The number of anilines is 2. The fourth-order valence-electron chi connectivity index (χ4n) is 2.69. The average molecular weight is 486 g/mol. The highest BCUT2D eigenvalue weighted by atomic mass is 79.9. The zero-order valence-corrected chi connectivity index (χ0v) is 17.9. The minimum Gasteiger partial charge on any atom is -0.459 e. The Hall–Kier alpha value is -3.24. The van der Waals surface area contributed by atoms with Crippen molar-refractivity contribution in [3.63, 3.8) is 0 Å². The van der Waals surface area contributed by atoms with Gasteiger partial charge in [-0.3, -0.25) is 14.9 Å². The van der Waals surface area contributed by atoms with Gasteiger partial charge in [0.1, 0.15) is 5.82 Å². The third-order valence-corrected chi connectivity index (χ3v) is 5.42. The second-order valence-corrected chi connectivity index (χ2v) is 8.07. The molecule has 2 N–H and O–H groups in total. The number of furan rings is 1. The van der Waals surface area contributed by atoms with E-state index in [0.29, 0.717) is 23.2 Å². The highest BCUT2D eigenvalue weighted by Crippen LogP contribution is 2.18. The standard InChI is InChI=1S/C20H16BrN5O3S/c21-14-5-3-13(4-6-14)11-26-17(7-8-22-26)24-18(27)10-15-12-30-20(23-15)25-19(28)16-2-1-9-29-16/h1-9,12H,10-11H2,(H,24,27)(H,23,25,28). The Bertz CT molecular complexity index is 1150.